The molecule has 31 heavy (non-hydrogen) atoms. The van der Waals surface area contributed by atoms with E-state index < -0.39 is 5.60 Å². The second-order valence-electron chi connectivity index (χ2n) is 8.01. The molecule has 1 aromatic heterocycles. The number of hydrogen-bond donors (Lipinski definition) is 1. The Morgan fingerprint density at radius 3 is 2.97 bits per heavy atom. The van der Waals surface area contributed by atoms with Crippen molar-refractivity contribution in [1.29, 1.82) is 0 Å². The molecule has 0 radical (unpaired) electrons. The van der Waals surface area contributed by atoms with E-state index in [1.165, 1.54) is 18.1 Å². The SMILES string of the molecule is Cc1ncncc1C(=O)N1CCOC2(CCCCc3ccccc3OCCNC2=O)C1. The fraction of sp³-hybridized carbons (Fsp3) is 0.478. The first-order valence-electron chi connectivity index (χ1n) is 10.8. The lowest BCUT2D eigenvalue weighted by Gasteiger charge is -2.42. The van der Waals surface area contributed by atoms with Crippen LogP contribution in [0.4, 0.5) is 0 Å². The Bertz CT molecular complexity index is 951. The first-order valence-corrected chi connectivity index (χ1v) is 10.8. The number of carbonyl (C=O) groups excluding carboxylic acids is 2. The molecule has 1 spiro atoms. The molecular formula is C23H28N4O4. The van der Waals surface area contributed by atoms with Gasteiger partial charge in [0.25, 0.3) is 11.8 Å². The summed E-state index contributed by atoms with van der Waals surface area (Å²) in [7, 11) is 0. The normalized spacial score (nSPS) is 22.5. The van der Waals surface area contributed by atoms with Gasteiger partial charge in [0, 0.05) is 12.7 Å². The van der Waals surface area contributed by atoms with Gasteiger partial charge < -0.3 is 19.7 Å². The van der Waals surface area contributed by atoms with E-state index in [2.05, 4.69) is 21.4 Å². The Morgan fingerprint density at radius 1 is 1.23 bits per heavy atom. The van der Waals surface area contributed by atoms with Gasteiger partial charge in [-0.05, 0) is 44.2 Å². The zero-order chi connectivity index (χ0) is 21.7. The largest absolute Gasteiger partial charge is 0.491 e. The van der Waals surface area contributed by atoms with E-state index in [1.807, 2.05) is 18.2 Å². The van der Waals surface area contributed by atoms with Crippen LogP contribution in [0.25, 0.3) is 0 Å². The molecule has 1 aromatic carbocycles. The van der Waals surface area contributed by atoms with Gasteiger partial charge >= 0.3 is 0 Å². The third kappa shape index (κ3) is 4.69. The molecule has 1 atom stereocenters. The summed E-state index contributed by atoms with van der Waals surface area (Å²) in [6.07, 6.45) is 6.08. The standard InChI is InChI=1S/C23H28N4O4/c1-17-19(14-24-16-26-17)21(28)27-11-13-31-23(15-27)9-5-4-7-18-6-2-3-8-20(18)30-12-10-25-22(23)29/h2-3,6,8,14,16H,4-5,7,9-13,15H2,1H3,(H,25,29). The van der Waals surface area contributed by atoms with Crippen molar-refractivity contribution in [2.24, 2.45) is 0 Å². The molecule has 164 valence electrons. The average molecular weight is 425 g/mol. The number of amides is 2. The molecule has 3 heterocycles. The summed E-state index contributed by atoms with van der Waals surface area (Å²) < 4.78 is 11.9. The Labute approximate surface area is 182 Å². The summed E-state index contributed by atoms with van der Waals surface area (Å²) in [6.45, 7) is 3.49. The van der Waals surface area contributed by atoms with Crippen molar-refractivity contribution in [1.82, 2.24) is 20.2 Å². The maximum atomic E-state index is 13.2. The van der Waals surface area contributed by atoms with Gasteiger partial charge in [-0.1, -0.05) is 18.2 Å². The Balaban J connectivity index is 1.51. The van der Waals surface area contributed by atoms with E-state index in [9.17, 15) is 9.59 Å². The molecule has 1 N–H and O–H groups in total. The molecule has 0 saturated carbocycles. The minimum atomic E-state index is -1.06. The molecule has 1 unspecified atom stereocenters. The van der Waals surface area contributed by atoms with E-state index in [-0.39, 0.29) is 18.4 Å². The van der Waals surface area contributed by atoms with Crippen LogP contribution in [-0.4, -0.2) is 65.1 Å². The minimum absolute atomic E-state index is 0.169. The fourth-order valence-electron chi connectivity index (χ4n) is 4.19. The van der Waals surface area contributed by atoms with Gasteiger partial charge in [-0.3, -0.25) is 9.59 Å². The van der Waals surface area contributed by atoms with Crippen LogP contribution in [0.1, 0.15) is 40.9 Å². The minimum Gasteiger partial charge on any atom is -0.491 e. The van der Waals surface area contributed by atoms with E-state index in [1.54, 1.807) is 11.8 Å². The van der Waals surface area contributed by atoms with Crippen molar-refractivity contribution in [3.63, 3.8) is 0 Å². The molecule has 2 aromatic rings. The van der Waals surface area contributed by atoms with Crippen LogP contribution in [0.3, 0.4) is 0 Å². The number of benzene rings is 1. The number of aryl methyl sites for hydroxylation is 2. The molecule has 4 rings (SSSR count). The fourth-order valence-corrected chi connectivity index (χ4v) is 4.19. The van der Waals surface area contributed by atoms with Crippen molar-refractivity contribution < 1.29 is 19.1 Å². The summed E-state index contributed by atoms with van der Waals surface area (Å²) in [6, 6.07) is 8.02. The molecule has 2 aliphatic heterocycles. The van der Waals surface area contributed by atoms with Crippen molar-refractivity contribution in [2.75, 3.05) is 32.8 Å². The zero-order valence-electron chi connectivity index (χ0n) is 17.8. The number of carbonyl (C=O) groups is 2. The third-order valence-electron chi connectivity index (χ3n) is 5.92. The highest BCUT2D eigenvalue weighted by atomic mass is 16.5. The van der Waals surface area contributed by atoms with Crippen LogP contribution in [0.5, 0.6) is 5.75 Å². The van der Waals surface area contributed by atoms with Crippen LogP contribution in [0, 0.1) is 6.92 Å². The Morgan fingerprint density at radius 2 is 2.10 bits per heavy atom. The molecule has 8 heteroatoms. The van der Waals surface area contributed by atoms with Gasteiger partial charge in [0.2, 0.25) is 0 Å². The van der Waals surface area contributed by atoms with E-state index in [4.69, 9.17) is 9.47 Å². The van der Waals surface area contributed by atoms with Crippen LogP contribution in [0.2, 0.25) is 0 Å². The third-order valence-corrected chi connectivity index (χ3v) is 5.92. The molecule has 8 nitrogen and oxygen atoms in total. The zero-order valence-corrected chi connectivity index (χ0v) is 17.8. The van der Waals surface area contributed by atoms with Crippen molar-refractivity contribution in [3.8, 4) is 5.75 Å². The summed E-state index contributed by atoms with van der Waals surface area (Å²) in [5.41, 5.74) is 1.19. The number of para-hydroxylation sites is 1. The summed E-state index contributed by atoms with van der Waals surface area (Å²) in [5, 5.41) is 2.95. The Kier molecular flexibility index (Phi) is 6.46. The molecule has 1 fully saturated rings. The van der Waals surface area contributed by atoms with Crippen LogP contribution in [-0.2, 0) is 16.0 Å². The van der Waals surface area contributed by atoms with Gasteiger partial charge in [0.05, 0.1) is 31.0 Å². The molecule has 2 amide bonds. The first-order chi connectivity index (χ1) is 15.1. The van der Waals surface area contributed by atoms with Gasteiger partial charge in [-0.15, -0.1) is 0 Å². The number of fused-ring (bicyclic) bond motifs is 1. The van der Waals surface area contributed by atoms with Crippen LogP contribution in [0.15, 0.2) is 36.8 Å². The number of nitrogens with one attached hydrogen (secondary N) is 1. The van der Waals surface area contributed by atoms with E-state index >= 15 is 0 Å². The van der Waals surface area contributed by atoms with Gasteiger partial charge in [-0.2, -0.15) is 0 Å². The van der Waals surface area contributed by atoms with Crippen molar-refractivity contribution in [3.05, 3.63) is 53.6 Å². The molecule has 0 bridgehead atoms. The number of hydrogen-bond acceptors (Lipinski definition) is 6. The van der Waals surface area contributed by atoms with Gasteiger partial charge in [-0.25, -0.2) is 9.97 Å². The molecule has 0 aliphatic carbocycles. The summed E-state index contributed by atoms with van der Waals surface area (Å²) in [4.78, 5) is 36.1. The van der Waals surface area contributed by atoms with Crippen LogP contribution >= 0.6 is 0 Å². The number of rotatable bonds is 1. The maximum Gasteiger partial charge on any atom is 0.257 e. The van der Waals surface area contributed by atoms with Crippen molar-refractivity contribution in [2.45, 2.75) is 38.2 Å². The second-order valence-corrected chi connectivity index (χ2v) is 8.01. The molecule has 2 aliphatic rings. The predicted octanol–water partition coefficient (Wildman–Crippen LogP) is 1.92. The highest BCUT2D eigenvalue weighted by Gasteiger charge is 2.44. The first kappa shape index (κ1) is 21.2. The smallest absolute Gasteiger partial charge is 0.257 e. The highest BCUT2D eigenvalue weighted by molar-refractivity contribution is 5.96. The Hall–Kier alpha value is -3.00. The van der Waals surface area contributed by atoms with E-state index in [0.29, 0.717) is 44.0 Å². The quantitative estimate of drug-likeness (QED) is 0.752. The van der Waals surface area contributed by atoms with Gasteiger partial charge in [0.15, 0.2) is 5.60 Å². The summed E-state index contributed by atoms with van der Waals surface area (Å²) >= 11 is 0. The average Bonchev–Trinajstić information content (AvgIpc) is 2.79. The maximum absolute atomic E-state index is 13.2. The van der Waals surface area contributed by atoms with E-state index in [0.717, 1.165) is 25.0 Å². The van der Waals surface area contributed by atoms with Crippen molar-refractivity contribution >= 4 is 11.8 Å². The molecular weight excluding hydrogens is 396 g/mol. The highest BCUT2D eigenvalue weighted by Crippen LogP contribution is 2.28. The van der Waals surface area contributed by atoms with Crippen LogP contribution < -0.4 is 10.1 Å². The number of nitrogens with zero attached hydrogens (tertiary/aromatic N) is 3. The lowest BCUT2D eigenvalue weighted by molar-refractivity contribution is -0.159. The summed E-state index contributed by atoms with van der Waals surface area (Å²) in [5.74, 6) is 0.513. The second kappa shape index (κ2) is 9.43. The predicted molar refractivity (Wildman–Crippen MR) is 114 cm³/mol. The lowest BCUT2D eigenvalue weighted by atomic mass is 9.91. The lowest BCUT2D eigenvalue weighted by Crippen LogP contribution is -2.61. The topological polar surface area (TPSA) is 93.7 Å². The monoisotopic (exact) mass is 424 g/mol. The molecule has 1 saturated heterocycles. The number of aromatic nitrogens is 2. The number of morpholine rings is 1. The van der Waals surface area contributed by atoms with Gasteiger partial charge in [0.1, 0.15) is 18.7 Å². The number of ether oxygens (including phenoxy) is 2.